The number of carbonyl (C=O) groups is 2. The Morgan fingerprint density at radius 3 is 1.02 bits per heavy atom. The fourth-order valence-electron chi connectivity index (χ4n) is 7.18. The van der Waals surface area contributed by atoms with Crippen molar-refractivity contribution < 1.29 is 18.4 Å². The van der Waals surface area contributed by atoms with Crippen LogP contribution in [0, 0.1) is 10.7 Å². The maximum Gasteiger partial charge on any atom is 0.461 e. The van der Waals surface area contributed by atoms with Crippen molar-refractivity contribution in [1.82, 2.24) is 0 Å². The Hall–Kier alpha value is -1.00. The van der Waals surface area contributed by atoms with E-state index in [9.17, 15) is 9.59 Å². The maximum absolute atomic E-state index is 12.9. The lowest BCUT2D eigenvalue weighted by molar-refractivity contribution is -0.141. The zero-order chi connectivity index (χ0) is 38.1. The summed E-state index contributed by atoms with van der Waals surface area (Å²) in [4.78, 5) is 25.8. The highest BCUT2D eigenvalue weighted by atomic mass is 32.2. The minimum Gasteiger partial charge on any atom is -0.485 e. The lowest BCUT2D eigenvalue weighted by Crippen LogP contribution is -2.42. The lowest BCUT2D eigenvalue weighted by atomic mass is 10.0. The van der Waals surface area contributed by atoms with Gasteiger partial charge in [0.1, 0.15) is 5.40 Å². The van der Waals surface area contributed by atoms with Gasteiger partial charge in [0.15, 0.2) is 0 Å². The number of hydrogen-bond acceptors (Lipinski definition) is 6. The van der Waals surface area contributed by atoms with E-state index < -0.39 is 8.56 Å². The third-order valence-electron chi connectivity index (χ3n) is 10.6. The number of nitrogens with zero attached hydrogens (tertiary/aromatic N) is 1. The fourth-order valence-corrected chi connectivity index (χ4v) is 9.93. The van der Waals surface area contributed by atoms with Crippen LogP contribution in [0.2, 0.25) is 12.6 Å². The van der Waals surface area contributed by atoms with Crippen LogP contribution in [-0.4, -0.2) is 26.3 Å². The number of unbranched alkanes of at least 4 members (excludes halogenated alkanes) is 32. The molecule has 7 heteroatoms. The smallest absolute Gasteiger partial charge is 0.461 e. The van der Waals surface area contributed by atoms with E-state index >= 15 is 0 Å². The molecule has 0 aliphatic heterocycles. The van der Waals surface area contributed by atoms with Crippen LogP contribution in [-0.2, 0) is 18.4 Å². The standard InChI is InChI=1S/C45H87NO4SSi/c1-4-6-8-10-12-14-16-18-20-22-24-26-28-31-35-39-44(47)49-52(3,42-38-34-30-33-37-41-51-43-46)50-45(48)40-36-32-29-27-25-23-21-19-17-15-13-11-9-7-5-2/h4-42H2,1-3H3. The van der Waals surface area contributed by atoms with Crippen LogP contribution in [0.1, 0.15) is 251 Å². The maximum atomic E-state index is 12.9. The van der Waals surface area contributed by atoms with E-state index in [1.165, 1.54) is 179 Å². The second-order valence-corrected chi connectivity index (χ2v) is 20.0. The molecule has 52 heavy (non-hydrogen) atoms. The molecule has 0 rings (SSSR count). The van der Waals surface area contributed by atoms with Gasteiger partial charge < -0.3 is 8.85 Å². The van der Waals surface area contributed by atoms with Gasteiger partial charge in [-0.1, -0.05) is 213 Å². The van der Waals surface area contributed by atoms with E-state index in [1.54, 1.807) is 0 Å². The molecule has 0 saturated carbocycles. The highest BCUT2D eigenvalue weighted by molar-refractivity contribution is 8.03. The zero-order valence-corrected chi connectivity index (χ0v) is 36.9. The van der Waals surface area contributed by atoms with Crippen molar-refractivity contribution in [2.75, 3.05) is 5.75 Å². The second kappa shape index (κ2) is 41.2. The lowest BCUT2D eigenvalue weighted by Gasteiger charge is -2.26. The van der Waals surface area contributed by atoms with Crippen molar-refractivity contribution in [2.24, 2.45) is 0 Å². The normalized spacial score (nSPS) is 11.5. The van der Waals surface area contributed by atoms with E-state index in [-0.39, 0.29) is 11.9 Å². The number of thiocyanates is 1. The Kier molecular flexibility index (Phi) is 40.4. The summed E-state index contributed by atoms with van der Waals surface area (Å²) in [5, 5.41) is 10.8. The first-order valence-electron chi connectivity index (χ1n) is 22.9. The van der Waals surface area contributed by atoms with Crippen LogP contribution < -0.4 is 0 Å². The van der Waals surface area contributed by atoms with E-state index in [0.29, 0.717) is 18.9 Å². The van der Waals surface area contributed by atoms with Crippen LogP contribution in [0.15, 0.2) is 0 Å². The molecule has 0 aliphatic carbocycles. The molecular weight excluding hydrogens is 679 g/mol. The summed E-state index contributed by atoms with van der Waals surface area (Å²) in [5.74, 6) is 0.519. The first kappa shape index (κ1) is 51.0. The number of carbonyl (C=O) groups excluding carboxylic acids is 2. The Morgan fingerprint density at radius 1 is 0.442 bits per heavy atom. The molecule has 0 spiro atoms. The molecule has 5 nitrogen and oxygen atoms in total. The van der Waals surface area contributed by atoms with Crippen molar-refractivity contribution in [2.45, 2.75) is 264 Å². The first-order valence-corrected chi connectivity index (χ1v) is 26.4. The molecule has 0 N–H and O–H groups in total. The molecule has 306 valence electrons. The predicted octanol–water partition coefficient (Wildman–Crippen LogP) is 15.8. The van der Waals surface area contributed by atoms with Crippen molar-refractivity contribution in [3.05, 3.63) is 0 Å². The average Bonchev–Trinajstić information content (AvgIpc) is 3.12. The molecule has 0 aromatic rings. The summed E-state index contributed by atoms with van der Waals surface area (Å²) in [7, 11) is -2.92. The van der Waals surface area contributed by atoms with E-state index in [2.05, 4.69) is 19.2 Å². The molecule has 0 aromatic carbocycles. The molecule has 0 amide bonds. The number of hydrogen-bond donors (Lipinski definition) is 0. The number of thioether (sulfide) groups is 1. The summed E-state index contributed by atoms with van der Waals surface area (Å²) < 4.78 is 12.1. The van der Waals surface area contributed by atoms with Gasteiger partial charge in [-0.05, 0) is 37.4 Å². The summed E-state index contributed by atoms with van der Waals surface area (Å²) in [5.41, 5.74) is 0. The highest BCUT2D eigenvalue weighted by Crippen LogP contribution is 2.23. The molecule has 0 atom stereocenters. The van der Waals surface area contributed by atoms with Gasteiger partial charge in [0.25, 0.3) is 11.9 Å². The number of nitriles is 1. The molecular formula is C45H87NO4SSi. The van der Waals surface area contributed by atoms with E-state index in [1.807, 2.05) is 6.55 Å². The van der Waals surface area contributed by atoms with Gasteiger partial charge in [-0.3, -0.25) is 9.59 Å². The van der Waals surface area contributed by atoms with Crippen LogP contribution in [0.25, 0.3) is 0 Å². The molecule has 0 radical (unpaired) electrons. The molecule has 0 unspecified atom stereocenters. The SMILES string of the molecule is CCCCCCCCCCCCCCCCCC(=O)O[Si](C)(CCCCCCCSC#N)OC(=O)CCCCCCCCCCCCCCCCC. The van der Waals surface area contributed by atoms with Gasteiger partial charge in [0.05, 0.1) is 0 Å². The summed E-state index contributed by atoms with van der Waals surface area (Å²) >= 11 is 1.32. The molecule has 0 aliphatic rings. The average molecular weight is 766 g/mol. The topological polar surface area (TPSA) is 76.4 Å². The molecule has 0 saturated heterocycles. The van der Waals surface area contributed by atoms with Crippen molar-refractivity contribution >= 4 is 32.3 Å². The molecule has 0 bridgehead atoms. The Labute approximate surface area is 329 Å². The van der Waals surface area contributed by atoms with Crippen molar-refractivity contribution in [3.63, 3.8) is 0 Å². The summed E-state index contributed by atoms with van der Waals surface area (Å²) in [6.45, 7) is 6.48. The second-order valence-electron chi connectivity index (χ2n) is 15.9. The summed E-state index contributed by atoms with van der Waals surface area (Å²) in [6, 6.07) is 0.676. The van der Waals surface area contributed by atoms with Crippen LogP contribution in [0.4, 0.5) is 0 Å². The van der Waals surface area contributed by atoms with Crippen molar-refractivity contribution in [1.29, 1.82) is 5.26 Å². The molecule has 0 aromatic heterocycles. The third kappa shape index (κ3) is 38.7. The van der Waals surface area contributed by atoms with E-state index in [4.69, 9.17) is 14.1 Å². The summed E-state index contributed by atoms with van der Waals surface area (Å²) in [6.07, 6.45) is 45.1. The Morgan fingerprint density at radius 2 is 0.712 bits per heavy atom. The molecule has 0 heterocycles. The van der Waals surface area contributed by atoms with Gasteiger partial charge in [-0.2, -0.15) is 5.26 Å². The third-order valence-corrected chi connectivity index (χ3v) is 13.8. The molecule has 0 fully saturated rings. The number of rotatable bonds is 42. The minimum atomic E-state index is -2.92. The quantitative estimate of drug-likeness (QED) is 0.0350. The van der Waals surface area contributed by atoms with Gasteiger partial charge in [-0.15, -0.1) is 0 Å². The van der Waals surface area contributed by atoms with E-state index in [0.717, 1.165) is 63.5 Å². The highest BCUT2D eigenvalue weighted by Gasteiger charge is 2.38. The zero-order valence-electron chi connectivity index (χ0n) is 35.1. The van der Waals surface area contributed by atoms with Crippen molar-refractivity contribution in [3.8, 4) is 5.40 Å². The van der Waals surface area contributed by atoms with Crippen LogP contribution >= 0.6 is 11.8 Å². The minimum absolute atomic E-state index is 0.183. The van der Waals surface area contributed by atoms with Crippen LogP contribution in [0.3, 0.4) is 0 Å². The largest absolute Gasteiger partial charge is 0.485 e. The van der Waals surface area contributed by atoms with Crippen LogP contribution in [0.5, 0.6) is 0 Å². The van der Waals surface area contributed by atoms with Gasteiger partial charge in [0, 0.05) is 31.2 Å². The first-order chi connectivity index (χ1) is 25.5. The monoisotopic (exact) mass is 766 g/mol. The van der Waals surface area contributed by atoms with Gasteiger partial charge in [0.2, 0.25) is 0 Å². The Balaban J connectivity index is 4.21. The fraction of sp³-hybridized carbons (Fsp3) is 0.933. The van der Waals surface area contributed by atoms with Gasteiger partial charge >= 0.3 is 8.56 Å². The van der Waals surface area contributed by atoms with Gasteiger partial charge in [-0.25, -0.2) is 0 Å². The Bertz CT molecular complexity index is 772. The predicted molar refractivity (Wildman–Crippen MR) is 229 cm³/mol.